The van der Waals surface area contributed by atoms with Crippen LogP contribution in [0.1, 0.15) is 27.6 Å². The van der Waals surface area contributed by atoms with Crippen LogP contribution in [0.3, 0.4) is 0 Å². The normalized spacial score (nSPS) is 10.4. The number of esters is 2. The number of rotatable bonds is 3. The lowest BCUT2D eigenvalue weighted by atomic mass is 10.1. The van der Waals surface area contributed by atoms with Crippen molar-refractivity contribution in [3.05, 3.63) is 31.2 Å². The van der Waals surface area contributed by atoms with E-state index < -0.39 is 22.2 Å². The van der Waals surface area contributed by atoms with Crippen LogP contribution in [0.2, 0.25) is 20.1 Å². The van der Waals surface area contributed by atoms with Gasteiger partial charge >= 0.3 is 17.9 Å². The topological polar surface area (TPSA) is 89.9 Å². The predicted molar refractivity (Wildman–Crippen MR) is 96.9 cm³/mol. The first-order valence-corrected chi connectivity index (χ1v) is 8.21. The van der Waals surface area contributed by atoms with Crippen LogP contribution in [0, 0.1) is 0 Å². The van der Waals surface area contributed by atoms with Gasteiger partial charge in [-0.25, -0.2) is 14.4 Å². The molecule has 1 rings (SSSR count). The fourth-order valence-corrected chi connectivity index (χ4v) is 2.36. The first kappa shape index (κ1) is 24.4. The molecule has 25 heavy (non-hydrogen) atoms. The maximum atomic E-state index is 11.5. The van der Waals surface area contributed by atoms with E-state index in [9.17, 15) is 14.4 Å². The van der Waals surface area contributed by atoms with Crippen molar-refractivity contribution in [1.82, 2.24) is 0 Å². The molecule has 0 aliphatic rings. The summed E-state index contributed by atoms with van der Waals surface area (Å²) in [7, 11) is 2.29. The molecule has 0 aliphatic heterocycles. The Hall–Kier alpha value is -0.630. The summed E-state index contributed by atoms with van der Waals surface area (Å²) in [6.07, 6.45) is 0. The molecule has 0 aliphatic carbocycles. The van der Waals surface area contributed by atoms with E-state index in [1.807, 2.05) is 0 Å². The summed E-state index contributed by atoms with van der Waals surface area (Å²) in [4.78, 5) is 32.7. The molecule has 0 aromatic heterocycles. The zero-order valence-corrected chi connectivity index (χ0v) is 17.3. The van der Waals surface area contributed by atoms with E-state index >= 15 is 0 Å². The molecule has 0 fully saturated rings. The van der Waals surface area contributed by atoms with Crippen LogP contribution in [0.5, 0.6) is 0 Å². The van der Waals surface area contributed by atoms with Gasteiger partial charge in [0.15, 0.2) is 0 Å². The number of benzene rings is 1. The van der Waals surface area contributed by atoms with E-state index in [1.54, 1.807) is 0 Å². The average Bonchev–Trinajstić information content (AvgIpc) is 2.52. The molecule has 12 heteroatoms. The third kappa shape index (κ3) is 6.24. The summed E-state index contributed by atoms with van der Waals surface area (Å²) in [6.45, 7) is 1.19. The molecule has 1 N–H and O–H groups in total. The zero-order valence-electron chi connectivity index (χ0n) is 12.8. The van der Waals surface area contributed by atoms with Gasteiger partial charge in [0.2, 0.25) is 4.33 Å². The second-order valence-corrected chi connectivity index (χ2v) is 7.40. The summed E-state index contributed by atoms with van der Waals surface area (Å²) in [5.41, 5.74) is -0.410. The van der Waals surface area contributed by atoms with Crippen LogP contribution >= 0.6 is 69.6 Å². The highest BCUT2D eigenvalue weighted by molar-refractivity contribution is 6.57. The summed E-state index contributed by atoms with van der Waals surface area (Å²) >= 11 is 33.5. The van der Waals surface area contributed by atoms with Crippen LogP contribution in [0.25, 0.3) is 0 Å². The Morgan fingerprint density at radius 2 is 1.00 bits per heavy atom. The highest BCUT2D eigenvalue weighted by atomic mass is 35.5. The Kier molecular flexibility index (Phi) is 9.65. The molecular weight excluding hydrogens is 465 g/mol. The zero-order chi connectivity index (χ0) is 20.1. The molecule has 140 valence electrons. The first-order chi connectivity index (χ1) is 11.3. The minimum atomic E-state index is -1.64. The Bertz CT molecular complexity index is 621. The van der Waals surface area contributed by atoms with Crippen LogP contribution in [-0.4, -0.2) is 41.6 Å². The Balaban J connectivity index is 0.000000697. The second-order valence-electron chi connectivity index (χ2n) is 4.18. The fraction of sp³-hybridized carbons (Fsp3) is 0.308. The molecular formula is C13H10Cl6O6. The SMILES string of the molecule is CC(Cl)(Cl)C(=O)O.COC(=O)c1c(Cl)c(Cl)c(C(=O)OC)c(Cl)c1Cl. The number of alkyl halides is 2. The van der Waals surface area contributed by atoms with Crippen LogP contribution < -0.4 is 0 Å². The van der Waals surface area contributed by atoms with Crippen molar-refractivity contribution in [2.24, 2.45) is 0 Å². The first-order valence-electron chi connectivity index (χ1n) is 5.94. The highest BCUT2D eigenvalue weighted by Crippen LogP contribution is 2.41. The third-order valence-electron chi connectivity index (χ3n) is 2.42. The van der Waals surface area contributed by atoms with Gasteiger partial charge in [0.25, 0.3) is 0 Å². The summed E-state index contributed by atoms with van der Waals surface area (Å²) in [5.74, 6) is -2.86. The summed E-state index contributed by atoms with van der Waals surface area (Å²) in [6, 6.07) is 0. The summed E-state index contributed by atoms with van der Waals surface area (Å²) < 4.78 is 7.35. The number of carbonyl (C=O) groups is 3. The van der Waals surface area contributed by atoms with Gasteiger partial charge in [0, 0.05) is 0 Å². The molecule has 0 atom stereocenters. The molecule has 0 radical (unpaired) electrons. The van der Waals surface area contributed by atoms with Gasteiger partial charge in [-0.15, -0.1) is 0 Å². The van der Waals surface area contributed by atoms with E-state index in [4.69, 9.17) is 74.7 Å². The van der Waals surface area contributed by atoms with Gasteiger partial charge < -0.3 is 14.6 Å². The number of aliphatic carboxylic acids is 1. The van der Waals surface area contributed by atoms with Crippen molar-refractivity contribution in [2.45, 2.75) is 11.3 Å². The standard InChI is InChI=1S/C10H6Cl4O4.C3H4Cl2O2/c1-17-9(15)3-5(11)7(13)4(10(16)18-2)8(14)6(3)12;1-3(4,5)2(6)7/h1-2H3;1H3,(H,6,7). The molecule has 1 aromatic rings. The second kappa shape index (κ2) is 9.90. The van der Waals surface area contributed by atoms with E-state index in [2.05, 4.69) is 9.47 Å². The largest absolute Gasteiger partial charge is 0.479 e. The molecule has 6 nitrogen and oxygen atoms in total. The van der Waals surface area contributed by atoms with Crippen LogP contribution in [-0.2, 0) is 14.3 Å². The lowest BCUT2D eigenvalue weighted by Crippen LogP contribution is -2.19. The monoisotopic (exact) mass is 472 g/mol. The van der Waals surface area contributed by atoms with Crippen molar-refractivity contribution in [3.8, 4) is 0 Å². The molecule has 0 unspecified atom stereocenters. The number of carbonyl (C=O) groups excluding carboxylic acids is 2. The molecule has 0 spiro atoms. The number of methoxy groups -OCH3 is 2. The highest BCUT2D eigenvalue weighted by Gasteiger charge is 2.28. The number of carboxylic acid groups (broad SMARTS) is 1. The minimum absolute atomic E-state index is 0.205. The Morgan fingerprint density at radius 3 is 1.12 bits per heavy atom. The number of hydrogen-bond donors (Lipinski definition) is 1. The molecule has 1 aromatic carbocycles. The van der Waals surface area contributed by atoms with Gasteiger partial charge in [-0.05, 0) is 6.92 Å². The fourth-order valence-electron chi connectivity index (χ4n) is 1.19. The van der Waals surface area contributed by atoms with Gasteiger partial charge in [0.1, 0.15) is 0 Å². The Labute approximate surface area is 172 Å². The van der Waals surface area contributed by atoms with Gasteiger partial charge in [-0.2, -0.15) is 0 Å². The van der Waals surface area contributed by atoms with E-state index in [0.717, 1.165) is 14.2 Å². The number of ether oxygens (including phenoxy) is 2. The quantitative estimate of drug-likeness (QED) is 0.370. The van der Waals surface area contributed by atoms with Gasteiger partial charge in [-0.3, -0.25) is 0 Å². The van der Waals surface area contributed by atoms with Gasteiger partial charge in [0.05, 0.1) is 45.4 Å². The van der Waals surface area contributed by atoms with E-state index in [1.165, 1.54) is 6.92 Å². The van der Waals surface area contributed by atoms with E-state index in [0.29, 0.717) is 0 Å². The predicted octanol–water partition coefficient (Wildman–Crippen LogP) is 5.14. The number of carboxylic acids is 1. The van der Waals surface area contributed by atoms with Crippen molar-refractivity contribution >= 4 is 87.5 Å². The number of hydrogen-bond acceptors (Lipinski definition) is 5. The lowest BCUT2D eigenvalue weighted by molar-refractivity contribution is -0.137. The maximum Gasteiger partial charge on any atom is 0.341 e. The maximum absolute atomic E-state index is 11.5. The molecule has 0 saturated carbocycles. The number of halogens is 6. The molecule has 0 saturated heterocycles. The molecule has 0 bridgehead atoms. The molecule has 0 amide bonds. The smallest absolute Gasteiger partial charge is 0.341 e. The van der Waals surface area contributed by atoms with Crippen LogP contribution in [0.4, 0.5) is 0 Å². The van der Waals surface area contributed by atoms with Crippen LogP contribution in [0.15, 0.2) is 0 Å². The average molecular weight is 475 g/mol. The van der Waals surface area contributed by atoms with E-state index in [-0.39, 0.29) is 31.2 Å². The molecule has 0 heterocycles. The van der Waals surface area contributed by atoms with Crippen molar-refractivity contribution in [2.75, 3.05) is 14.2 Å². The van der Waals surface area contributed by atoms with Crippen molar-refractivity contribution < 1.29 is 29.0 Å². The minimum Gasteiger partial charge on any atom is -0.479 e. The lowest BCUT2D eigenvalue weighted by Gasteiger charge is -2.12. The third-order valence-corrected chi connectivity index (χ3v) is 4.45. The van der Waals surface area contributed by atoms with Gasteiger partial charge in [-0.1, -0.05) is 69.6 Å². The van der Waals surface area contributed by atoms with Crippen molar-refractivity contribution in [3.63, 3.8) is 0 Å². The Morgan fingerprint density at radius 1 is 0.800 bits per heavy atom. The van der Waals surface area contributed by atoms with Crippen molar-refractivity contribution in [1.29, 1.82) is 0 Å². The summed E-state index contributed by atoms with van der Waals surface area (Å²) in [5, 5.41) is 7.09.